The number of hydrogen-bond donors (Lipinski definition) is 0. The molecule has 1 atom stereocenters. The molecule has 7 heteroatoms. The van der Waals surface area contributed by atoms with Crippen molar-refractivity contribution >= 4 is 45.9 Å². The van der Waals surface area contributed by atoms with Crippen LogP contribution in [0, 0.1) is 6.92 Å². The van der Waals surface area contributed by atoms with Crippen molar-refractivity contribution in [3.8, 4) is 0 Å². The zero-order chi connectivity index (χ0) is 21.0. The average Bonchev–Trinajstić information content (AvgIpc) is 3.03. The third kappa shape index (κ3) is 2.82. The smallest absolute Gasteiger partial charge is 0.296 e. The number of aryl methyl sites for hydroxylation is 1. The Morgan fingerprint density at radius 3 is 2.53 bits per heavy atom. The minimum Gasteiger partial charge on any atom is -0.450 e. The first-order chi connectivity index (χ1) is 14.5. The number of rotatable bonds is 2. The van der Waals surface area contributed by atoms with Crippen molar-refractivity contribution in [2.24, 2.45) is 0 Å². The van der Waals surface area contributed by atoms with Crippen molar-refractivity contribution in [2.45, 2.75) is 13.0 Å². The van der Waals surface area contributed by atoms with E-state index in [2.05, 4.69) is 4.98 Å². The lowest BCUT2D eigenvalue weighted by Crippen LogP contribution is -2.30. The van der Waals surface area contributed by atoms with Gasteiger partial charge in [-0.15, -0.1) is 0 Å². The molecule has 0 unspecified atom stereocenters. The summed E-state index contributed by atoms with van der Waals surface area (Å²) in [5.74, 6) is 0.00559. The fourth-order valence-electron chi connectivity index (χ4n) is 3.82. The Morgan fingerprint density at radius 1 is 0.967 bits per heavy atom. The second kappa shape index (κ2) is 6.97. The molecule has 1 amide bonds. The van der Waals surface area contributed by atoms with Gasteiger partial charge in [-0.2, -0.15) is 0 Å². The molecule has 0 radical (unpaired) electrons. The number of benzene rings is 2. The predicted molar refractivity (Wildman–Crippen MR) is 117 cm³/mol. The van der Waals surface area contributed by atoms with E-state index in [0.29, 0.717) is 32.4 Å². The summed E-state index contributed by atoms with van der Waals surface area (Å²) in [5, 5.41) is 1.13. The van der Waals surface area contributed by atoms with Gasteiger partial charge in [0.25, 0.3) is 5.91 Å². The van der Waals surface area contributed by atoms with Crippen LogP contribution in [-0.4, -0.2) is 10.9 Å². The summed E-state index contributed by atoms with van der Waals surface area (Å²) in [7, 11) is 0. The second-order valence-corrected chi connectivity index (χ2v) is 7.87. The molecule has 5 nitrogen and oxygen atoms in total. The molecule has 0 aliphatic carbocycles. The Kier molecular flexibility index (Phi) is 4.38. The van der Waals surface area contributed by atoms with E-state index in [1.165, 1.54) is 4.90 Å². The van der Waals surface area contributed by atoms with E-state index >= 15 is 0 Å². The van der Waals surface area contributed by atoms with Gasteiger partial charge in [0.1, 0.15) is 11.4 Å². The van der Waals surface area contributed by atoms with E-state index in [9.17, 15) is 9.59 Å². The lowest BCUT2D eigenvalue weighted by atomic mass is 9.98. The first-order valence-corrected chi connectivity index (χ1v) is 9.99. The number of pyridine rings is 1. The number of aromatic nitrogens is 1. The number of carbonyl (C=O) groups is 1. The Morgan fingerprint density at radius 2 is 1.77 bits per heavy atom. The van der Waals surface area contributed by atoms with Crippen LogP contribution in [0.1, 0.15) is 33.4 Å². The standard InChI is InChI=1S/C23H14Cl2N2O3/c1-12-5-4-8-18(26-12)27-20(13-9-10-15(24)16(25)11-13)19-21(28)14-6-2-3-7-17(14)30-22(19)23(27)29/h2-11,20H,1H3/t20-/m0/s1. The maximum Gasteiger partial charge on any atom is 0.296 e. The number of hydrogen-bond acceptors (Lipinski definition) is 4. The molecule has 0 saturated carbocycles. The molecule has 2 aromatic heterocycles. The van der Waals surface area contributed by atoms with Gasteiger partial charge in [-0.25, -0.2) is 4.98 Å². The SMILES string of the molecule is Cc1cccc(N2C(=O)c3oc4ccccc4c(=O)c3[C@@H]2c2ccc(Cl)c(Cl)c2)n1. The normalized spacial score (nSPS) is 15.6. The largest absolute Gasteiger partial charge is 0.450 e. The molecule has 148 valence electrons. The highest BCUT2D eigenvalue weighted by Gasteiger charge is 2.44. The molecule has 0 N–H and O–H groups in total. The zero-order valence-electron chi connectivity index (χ0n) is 15.7. The molecule has 0 bridgehead atoms. The number of nitrogens with zero attached hydrogens (tertiary/aromatic N) is 2. The van der Waals surface area contributed by atoms with Crippen molar-refractivity contribution in [1.29, 1.82) is 0 Å². The minimum absolute atomic E-state index is 0.0121. The highest BCUT2D eigenvalue weighted by Crippen LogP contribution is 2.41. The van der Waals surface area contributed by atoms with Crippen molar-refractivity contribution in [2.75, 3.05) is 4.90 Å². The van der Waals surface area contributed by atoms with Crippen LogP contribution in [0.25, 0.3) is 11.0 Å². The Labute approximate surface area is 181 Å². The Hall–Kier alpha value is -3.15. The molecule has 1 aliphatic rings. The number of amides is 1. The number of halogens is 2. The fourth-order valence-corrected chi connectivity index (χ4v) is 4.12. The van der Waals surface area contributed by atoms with Crippen LogP contribution in [-0.2, 0) is 0 Å². The quantitative estimate of drug-likeness (QED) is 0.412. The molecule has 0 spiro atoms. The molecule has 30 heavy (non-hydrogen) atoms. The van der Waals surface area contributed by atoms with Gasteiger partial charge in [-0.1, -0.05) is 47.5 Å². The van der Waals surface area contributed by atoms with Crippen molar-refractivity contribution in [3.05, 3.63) is 104 Å². The van der Waals surface area contributed by atoms with Gasteiger partial charge in [0.2, 0.25) is 5.76 Å². The lowest BCUT2D eigenvalue weighted by Gasteiger charge is -2.24. The molecular formula is C23H14Cl2N2O3. The highest BCUT2D eigenvalue weighted by molar-refractivity contribution is 6.42. The monoisotopic (exact) mass is 436 g/mol. The van der Waals surface area contributed by atoms with Crippen LogP contribution in [0.15, 0.2) is 69.9 Å². The zero-order valence-corrected chi connectivity index (χ0v) is 17.2. The molecule has 4 aromatic rings. The van der Waals surface area contributed by atoms with Crippen molar-refractivity contribution < 1.29 is 9.21 Å². The summed E-state index contributed by atoms with van der Waals surface area (Å²) < 4.78 is 5.91. The fraction of sp³-hybridized carbons (Fsp3) is 0.0870. The van der Waals surface area contributed by atoms with Crippen LogP contribution < -0.4 is 10.3 Å². The maximum atomic E-state index is 13.4. The van der Waals surface area contributed by atoms with Gasteiger partial charge in [0.05, 0.1) is 27.0 Å². The summed E-state index contributed by atoms with van der Waals surface area (Å²) in [6.07, 6.45) is 0. The summed E-state index contributed by atoms with van der Waals surface area (Å²) in [5.41, 5.74) is 1.75. The first-order valence-electron chi connectivity index (χ1n) is 9.23. The number of anilines is 1. The summed E-state index contributed by atoms with van der Waals surface area (Å²) in [4.78, 5) is 32.8. The minimum atomic E-state index is -0.738. The average molecular weight is 437 g/mol. The summed E-state index contributed by atoms with van der Waals surface area (Å²) in [6.45, 7) is 1.84. The topological polar surface area (TPSA) is 63.4 Å². The van der Waals surface area contributed by atoms with E-state index in [1.54, 1.807) is 48.5 Å². The van der Waals surface area contributed by atoms with Gasteiger partial charge in [-0.3, -0.25) is 14.5 Å². The highest BCUT2D eigenvalue weighted by atomic mass is 35.5. The van der Waals surface area contributed by atoms with Crippen LogP contribution >= 0.6 is 23.2 Å². The van der Waals surface area contributed by atoms with Gasteiger partial charge >= 0.3 is 0 Å². The predicted octanol–water partition coefficient (Wildman–Crippen LogP) is 5.55. The molecule has 0 saturated heterocycles. The third-order valence-corrected chi connectivity index (χ3v) is 5.90. The van der Waals surface area contributed by atoms with E-state index in [0.717, 1.165) is 5.69 Å². The van der Waals surface area contributed by atoms with E-state index in [1.807, 2.05) is 19.1 Å². The maximum absolute atomic E-state index is 13.4. The van der Waals surface area contributed by atoms with Gasteiger partial charge in [0.15, 0.2) is 5.43 Å². The molecule has 2 aromatic carbocycles. The number of fused-ring (bicyclic) bond motifs is 2. The number of carbonyl (C=O) groups excluding carboxylic acids is 1. The van der Waals surface area contributed by atoms with Crippen LogP contribution in [0.4, 0.5) is 5.82 Å². The first kappa shape index (κ1) is 18.9. The second-order valence-electron chi connectivity index (χ2n) is 7.06. The van der Waals surface area contributed by atoms with E-state index in [4.69, 9.17) is 27.6 Å². The molecule has 5 rings (SSSR count). The van der Waals surface area contributed by atoms with Crippen LogP contribution in [0.3, 0.4) is 0 Å². The van der Waals surface area contributed by atoms with E-state index < -0.39 is 11.9 Å². The summed E-state index contributed by atoms with van der Waals surface area (Å²) in [6, 6.07) is 16.6. The lowest BCUT2D eigenvalue weighted by molar-refractivity contribution is 0.0970. The van der Waals surface area contributed by atoms with Crippen molar-refractivity contribution in [3.63, 3.8) is 0 Å². The molecule has 3 heterocycles. The van der Waals surface area contributed by atoms with Gasteiger partial charge < -0.3 is 4.42 Å². The summed E-state index contributed by atoms with van der Waals surface area (Å²) >= 11 is 12.4. The van der Waals surface area contributed by atoms with Crippen LogP contribution in [0.5, 0.6) is 0 Å². The molecular weight excluding hydrogens is 423 g/mol. The Balaban J connectivity index is 1.83. The van der Waals surface area contributed by atoms with Crippen LogP contribution in [0.2, 0.25) is 10.0 Å². The van der Waals surface area contributed by atoms with E-state index in [-0.39, 0.29) is 16.8 Å². The molecule has 1 aliphatic heterocycles. The molecule has 0 fully saturated rings. The van der Waals surface area contributed by atoms with Gasteiger partial charge in [0, 0.05) is 5.69 Å². The Bertz CT molecular complexity index is 1400. The van der Waals surface area contributed by atoms with Crippen molar-refractivity contribution in [1.82, 2.24) is 4.98 Å². The number of para-hydroxylation sites is 1. The third-order valence-electron chi connectivity index (χ3n) is 5.16. The van der Waals surface area contributed by atoms with Gasteiger partial charge in [-0.05, 0) is 48.9 Å².